The Kier molecular flexibility index (Phi) is 4.36. The van der Waals surface area contributed by atoms with Gasteiger partial charge in [0.25, 0.3) is 5.91 Å². The zero-order valence-electron chi connectivity index (χ0n) is 14.6. The predicted octanol–water partition coefficient (Wildman–Crippen LogP) is 2.57. The molecule has 2 aromatic carbocycles. The maximum atomic E-state index is 12.9. The van der Waals surface area contributed by atoms with Gasteiger partial charge in [0.15, 0.2) is 11.3 Å². The summed E-state index contributed by atoms with van der Waals surface area (Å²) in [5.74, 6) is -0.158. The Balaban J connectivity index is 2.04. The van der Waals surface area contributed by atoms with Crippen LogP contribution in [0, 0.1) is 13.8 Å². The molecule has 1 unspecified atom stereocenters. The number of halogens is 1. The van der Waals surface area contributed by atoms with Crippen molar-refractivity contribution in [1.82, 2.24) is 10.3 Å². The highest BCUT2D eigenvalue weighted by atomic mass is 79.9. The van der Waals surface area contributed by atoms with E-state index in [0.717, 1.165) is 31.7 Å². The maximum Gasteiger partial charge on any atom is 0.276 e. The number of benzene rings is 2. The molecule has 0 radical (unpaired) electrons. The van der Waals surface area contributed by atoms with Crippen molar-refractivity contribution in [2.75, 3.05) is 6.26 Å². The molecule has 0 spiro atoms. The molecule has 1 atom stereocenters. The molecule has 7 heteroatoms. The van der Waals surface area contributed by atoms with Gasteiger partial charge in [-0.2, -0.15) is 0 Å². The van der Waals surface area contributed by atoms with Crippen LogP contribution in [0.5, 0.6) is 0 Å². The van der Waals surface area contributed by atoms with Crippen LogP contribution in [-0.4, -0.2) is 22.3 Å². The van der Waals surface area contributed by atoms with E-state index in [1.807, 2.05) is 24.5 Å². The quantitative estimate of drug-likeness (QED) is 0.759. The van der Waals surface area contributed by atoms with Gasteiger partial charge >= 0.3 is 0 Å². The van der Waals surface area contributed by atoms with E-state index in [-0.39, 0.29) is 12.1 Å². The molecule has 0 saturated heterocycles. The summed E-state index contributed by atoms with van der Waals surface area (Å²) >= 11 is 4.89. The number of nitrogens with zero attached hydrogens (tertiary/aromatic N) is 3. The number of amides is 1. The third-order valence-electron chi connectivity index (χ3n) is 4.48. The number of amidine groups is 1. The van der Waals surface area contributed by atoms with E-state index >= 15 is 0 Å². The average Bonchev–Trinajstić information content (AvgIpc) is 2.62. The van der Waals surface area contributed by atoms with Crippen LogP contribution in [0.2, 0.25) is 0 Å². The SMILES string of the molecule is CSC1=NN2C(=c3cc(Br)ccc3=NC2c2cc(C)ccc2C)C(=O)N1. The van der Waals surface area contributed by atoms with Crippen LogP contribution >= 0.6 is 27.7 Å². The number of rotatable bonds is 1. The Labute approximate surface area is 164 Å². The van der Waals surface area contributed by atoms with Crippen LogP contribution in [0.1, 0.15) is 22.9 Å². The van der Waals surface area contributed by atoms with Gasteiger partial charge in [-0.1, -0.05) is 51.5 Å². The van der Waals surface area contributed by atoms with Crippen LogP contribution in [0.3, 0.4) is 0 Å². The van der Waals surface area contributed by atoms with Crippen LogP contribution in [0.4, 0.5) is 0 Å². The summed E-state index contributed by atoms with van der Waals surface area (Å²) < 4.78 is 0.900. The zero-order chi connectivity index (χ0) is 18.4. The van der Waals surface area contributed by atoms with Crippen molar-refractivity contribution in [3.8, 4) is 0 Å². The molecule has 2 aliphatic rings. The summed E-state index contributed by atoms with van der Waals surface area (Å²) in [5, 5.41) is 11.4. The van der Waals surface area contributed by atoms with Crippen molar-refractivity contribution in [1.29, 1.82) is 0 Å². The first-order valence-electron chi connectivity index (χ1n) is 8.16. The Hall–Kier alpha value is -2.12. The minimum atomic E-state index is -0.369. The highest BCUT2D eigenvalue weighted by Crippen LogP contribution is 2.32. The van der Waals surface area contributed by atoms with Crippen molar-refractivity contribution >= 4 is 44.5 Å². The van der Waals surface area contributed by atoms with Gasteiger partial charge in [0, 0.05) is 15.3 Å². The molecule has 4 rings (SSSR count). The van der Waals surface area contributed by atoms with Crippen LogP contribution in [0.25, 0.3) is 5.70 Å². The minimum absolute atomic E-state index is 0.158. The summed E-state index contributed by atoms with van der Waals surface area (Å²) in [6, 6.07) is 12.1. The molecule has 2 heterocycles. The normalized spacial score (nSPS) is 18.5. The highest BCUT2D eigenvalue weighted by Gasteiger charge is 2.34. The fraction of sp³-hybridized carbons (Fsp3) is 0.211. The molecular weight excluding hydrogens is 412 g/mol. The number of fused-ring (bicyclic) bond motifs is 2. The second kappa shape index (κ2) is 6.55. The van der Waals surface area contributed by atoms with Gasteiger partial charge in [0.2, 0.25) is 0 Å². The van der Waals surface area contributed by atoms with Gasteiger partial charge in [0.1, 0.15) is 5.70 Å². The van der Waals surface area contributed by atoms with E-state index < -0.39 is 0 Å². The molecule has 0 saturated carbocycles. The second-order valence-corrected chi connectivity index (χ2v) is 7.99. The first-order valence-corrected chi connectivity index (χ1v) is 10.2. The summed E-state index contributed by atoms with van der Waals surface area (Å²) in [4.78, 5) is 17.8. The number of hydrazone groups is 1. The fourth-order valence-corrected chi connectivity index (χ4v) is 3.91. The molecule has 0 fully saturated rings. The minimum Gasteiger partial charge on any atom is -0.298 e. The molecular formula is C19H17BrN4OS. The van der Waals surface area contributed by atoms with E-state index in [0.29, 0.717) is 10.9 Å². The van der Waals surface area contributed by atoms with Gasteiger partial charge in [-0.3, -0.25) is 15.1 Å². The zero-order valence-corrected chi connectivity index (χ0v) is 17.0. The second-order valence-electron chi connectivity index (χ2n) is 6.28. The Morgan fingerprint density at radius 1 is 1.19 bits per heavy atom. The van der Waals surface area contributed by atoms with Gasteiger partial charge in [-0.05, 0) is 43.9 Å². The van der Waals surface area contributed by atoms with Crippen molar-refractivity contribution in [2.45, 2.75) is 20.0 Å². The molecule has 2 aliphatic heterocycles. The van der Waals surface area contributed by atoms with Crippen LogP contribution < -0.4 is 15.9 Å². The Morgan fingerprint density at radius 3 is 2.77 bits per heavy atom. The maximum absolute atomic E-state index is 12.9. The van der Waals surface area contributed by atoms with E-state index in [9.17, 15) is 4.79 Å². The van der Waals surface area contributed by atoms with Crippen LogP contribution in [-0.2, 0) is 4.79 Å². The van der Waals surface area contributed by atoms with Gasteiger partial charge in [-0.15, -0.1) is 5.10 Å². The van der Waals surface area contributed by atoms with Crippen molar-refractivity contribution in [2.24, 2.45) is 10.1 Å². The highest BCUT2D eigenvalue weighted by molar-refractivity contribution is 9.10. The van der Waals surface area contributed by atoms with E-state index in [1.54, 1.807) is 5.01 Å². The first kappa shape index (κ1) is 17.3. The lowest BCUT2D eigenvalue weighted by atomic mass is 10.0. The van der Waals surface area contributed by atoms with E-state index in [1.165, 1.54) is 11.8 Å². The third kappa shape index (κ3) is 2.85. The topological polar surface area (TPSA) is 57.1 Å². The predicted molar refractivity (Wildman–Crippen MR) is 108 cm³/mol. The molecule has 0 bridgehead atoms. The molecule has 0 aromatic heterocycles. The Bertz CT molecular complexity index is 1080. The van der Waals surface area contributed by atoms with Gasteiger partial charge < -0.3 is 0 Å². The standard InChI is InChI=1S/C19H17BrN4OS/c1-10-4-5-11(2)13(8-10)17-21-15-7-6-12(20)9-14(15)16-18(25)22-19(26-3)23-24(16)17/h4-9,17H,1-3H3,(H,22,23,25). The van der Waals surface area contributed by atoms with Gasteiger partial charge in [-0.25, -0.2) is 5.01 Å². The number of thioether (sulfide) groups is 1. The summed E-state index contributed by atoms with van der Waals surface area (Å²) in [6.07, 6.45) is 1.52. The monoisotopic (exact) mass is 428 g/mol. The fourth-order valence-electron chi connectivity index (χ4n) is 3.18. The van der Waals surface area contributed by atoms with Crippen molar-refractivity contribution in [3.63, 3.8) is 0 Å². The number of aryl methyl sites for hydroxylation is 2. The lowest BCUT2D eigenvalue weighted by molar-refractivity contribution is -0.116. The molecule has 132 valence electrons. The molecule has 0 aliphatic carbocycles. The van der Waals surface area contributed by atoms with E-state index in [2.05, 4.69) is 58.4 Å². The molecule has 2 aromatic rings. The largest absolute Gasteiger partial charge is 0.298 e. The summed E-state index contributed by atoms with van der Waals surface area (Å²) in [7, 11) is 0. The lowest BCUT2D eigenvalue weighted by Crippen LogP contribution is -2.50. The number of hydrogen-bond donors (Lipinski definition) is 1. The first-order chi connectivity index (χ1) is 12.5. The summed E-state index contributed by atoms with van der Waals surface area (Å²) in [5.41, 5.74) is 3.85. The smallest absolute Gasteiger partial charge is 0.276 e. The Morgan fingerprint density at radius 2 is 2.00 bits per heavy atom. The van der Waals surface area contributed by atoms with Crippen molar-refractivity contribution in [3.05, 3.63) is 68.1 Å². The molecule has 26 heavy (non-hydrogen) atoms. The number of carbonyl (C=O) groups excluding carboxylic acids is 1. The third-order valence-corrected chi connectivity index (χ3v) is 5.54. The lowest BCUT2D eigenvalue weighted by Gasteiger charge is -2.34. The van der Waals surface area contributed by atoms with Gasteiger partial charge in [0.05, 0.1) is 5.36 Å². The molecule has 5 nitrogen and oxygen atoms in total. The molecule has 1 amide bonds. The average molecular weight is 429 g/mol. The number of carbonyl (C=O) groups is 1. The van der Waals surface area contributed by atoms with Crippen LogP contribution in [0.15, 0.2) is 51.0 Å². The molecule has 1 N–H and O–H groups in total. The number of hydrogen-bond acceptors (Lipinski definition) is 5. The van der Waals surface area contributed by atoms with Crippen molar-refractivity contribution < 1.29 is 4.79 Å². The van der Waals surface area contributed by atoms with E-state index in [4.69, 9.17) is 4.99 Å². The summed E-state index contributed by atoms with van der Waals surface area (Å²) in [6.45, 7) is 4.12. The number of nitrogens with one attached hydrogen (secondary N) is 1.